The van der Waals surface area contributed by atoms with Gasteiger partial charge in [0.2, 0.25) is 5.91 Å². The molecule has 3 rings (SSSR count). The molecule has 1 unspecified atom stereocenters. The smallest absolute Gasteiger partial charge is 0.244 e. The van der Waals surface area contributed by atoms with Gasteiger partial charge in [0.15, 0.2) is 0 Å². The predicted molar refractivity (Wildman–Crippen MR) is 87.3 cm³/mol. The van der Waals surface area contributed by atoms with Crippen molar-refractivity contribution in [2.75, 3.05) is 50.8 Å². The first kappa shape index (κ1) is 15.7. The average Bonchev–Trinajstić information content (AvgIpc) is 2.90. The number of piperazine rings is 1. The molecule has 0 aliphatic carbocycles. The van der Waals surface area contributed by atoms with E-state index in [1.54, 1.807) is 0 Å². The summed E-state index contributed by atoms with van der Waals surface area (Å²) in [5, 5.41) is 9.65. The zero-order valence-corrected chi connectivity index (χ0v) is 13.4. The van der Waals surface area contributed by atoms with E-state index in [4.69, 9.17) is 16.7 Å². The van der Waals surface area contributed by atoms with Crippen molar-refractivity contribution in [1.29, 1.82) is 0 Å². The fourth-order valence-electron chi connectivity index (χ4n) is 3.34. The fourth-order valence-corrected chi connectivity index (χ4v) is 3.53. The molecule has 0 spiro atoms. The van der Waals surface area contributed by atoms with Gasteiger partial charge in [0.1, 0.15) is 0 Å². The van der Waals surface area contributed by atoms with Crippen LogP contribution in [0.3, 0.4) is 0 Å². The predicted octanol–water partition coefficient (Wildman–Crippen LogP) is 1.06. The zero-order chi connectivity index (χ0) is 15.5. The van der Waals surface area contributed by atoms with Gasteiger partial charge in [-0.2, -0.15) is 0 Å². The lowest BCUT2D eigenvalue weighted by Gasteiger charge is -2.37. The second kappa shape index (κ2) is 6.96. The van der Waals surface area contributed by atoms with Crippen molar-refractivity contribution in [3.63, 3.8) is 0 Å². The zero-order valence-electron chi connectivity index (χ0n) is 12.6. The highest BCUT2D eigenvalue weighted by atomic mass is 35.5. The van der Waals surface area contributed by atoms with Crippen LogP contribution in [0, 0.1) is 0 Å². The number of hydrogen-bond acceptors (Lipinski definition) is 4. The first-order chi connectivity index (χ1) is 10.7. The maximum atomic E-state index is 12.7. The van der Waals surface area contributed by atoms with Gasteiger partial charge in [0.25, 0.3) is 0 Å². The molecule has 120 valence electrons. The minimum absolute atomic E-state index is 0.0183. The van der Waals surface area contributed by atoms with Gasteiger partial charge in [-0.1, -0.05) is 17.7 Å². The minimum atomic E-state index is -0.0183. The molecule has 1 aromatic carbocycles. The van der Waals surface area contributed by atoms with Gasteiger partial charge in [-0.05, 0) is 24.6 Å². The van der Waals surface area contributed by atoms with Gasteiger partial charge < -0.3 is 10.0 Å². The monoisotopic (exact) mass is 323 g/mol. The van der Waals surface area contributed by atoms with Crippen LogP contribution in [0.1, 0.15) is 6.42 Å². The maximum absolute atomic E-state index is 12.7. The minimum Gasteiger partial charge on any atom is -0.395 e. The molecule has 2 saturated heterocycles. The summed E-state index contributed by atoms with van der Waals surface area (Å²) in [5.74, 6) is 0.179. The Morgan fingerprint density at radius 3 is 2.64 bits per heavy atom. The molecule has 6 heteroatoms. The number of aliphatic hydroxyl groups excluding tert-OH is 1. The lowest BCUT2D eigenvalue weighted by molar-refractivity contribution is -0.122. The molecule has 0 saturated carbocycles. The lowest BCUT2D eigenvalue weighted by atomic mass is 10.2. The molecule has 1 aromatic rings. The van der Waals surface area contributed by atoms with Crippen molar-refractivity contribution in [2.45, 2.75) is 12.5 Å². The van der Waals surface area contributed by atoms with E-state index >= 15 is 0 Å². The lowest BCUT2D eigenvalue weighted by Crippen LogP contribution is -2.52. The summed E-state index contributed by atoms with van der Waals surface area (Å²) in [4.78, 5) is 19.1. The van der Waals surface area contributed by atoms with Crippen LogP contribution in [0.25, 0.3) is 0 Å². The second-order valence-corrected chi connectivity index (χ2v) is 6.31. The molecule has 22 heavy (non-hydrogen) atoms. The van der Waals surface area contributed by atoms with E-state index in [2.05, 4.69) is 9.80 Å². The molecule has 0 bridgehead atoms. The summed E-state index contributed by atoms with van der Waals surface area (Å²) in [6, 6.07) is 7.47. The van der Waals surface area contributed by atoms with Crippen molar-refractivity contribution in [1.82, 2.24) is 9.80 Å². The van der Waals surface area contributed by atoms with Gasteiger partial charge in [-0.3, -0.25) is 14.6 Å². The van der Waals surface area contributed by atoms with E-state index in [1.165, 1.54) is 0 Å². The Kier molecular flexibility index (Phi) is 4.98. The number of amides is 1. The molecular formula is C16H22ClN3O2. The standard InChI is InChI=1S/C16H22ClN3O2/c17-13-2-1-3-14(12-13)20-5-4-15(16(20)22)19-8-6-18(7-9-19)10-11-21/h1-3,12,15,21H,4-11H2. The summed E-state index contributed by atoms with van der Waals surface area (Å²) in [6.07, 6.45) is 0.866. The Balaban J connectivity index is 1.62. The molecule has 2 aliphatic heterocycles. The summed E-state index contributed by atoms with van der Waals surface area (Å²) in [5.41, 5.74) is 0.888. The van der Waals surface area contributed by atoms with Gasteiger partial charge in [0, 0.05) is 50.0 Å². The van der Waals surface area contributed by atoms with E-state index in [9.17, 15) is 4.79 Å². The van der Waals surface area contributed by atoms with Crippen LogP contribution in [0.15, 0.2) is 24.3 Å². The van der Waals surface area contributed by atoms with Gasteiger partial charge in [0.05, 0.1) is 12.6 Å². The molecule has 2 fully saturated rings. The van der Waals surface area contributed by atoms with E-state index in [1.807, 2.05) is 29.2 Å². The highest BCUT2D eigenvalue weighted by molar-refractivity contribution is 6.30. The van der Waals surface area contributed by atoms with Crippen molar-refractivity contribution in [3.05, 3.63) is 29.3 Å². The summed E-state index contributed by atoms with van der Waals surface area (Å²) in [7, 11) is 0. The summed E-state index contributed by atoms with van der Waals surface area (Å²) >= 11 is 6.03. The second-order valence-electron chi connectivity index (χ2n) is 5.88. The van der Waals surface area contributed by atoms with Crippen LogP contribution >= 0.6 is 11.6 Å². The number of anilines is 1. The van der Waals surface area contributed by atoms with Crippen LogP contribution in [-0.2, 0) is 4.79 Å². The first-order valence-corrected chi connectivity index (χ1v) is 8.21. The number of carbonyl (C=O) groups is 1. The molecule has 2 aliphatic rings. The number of aliphatic hydroxyl groups is 1. The third-order valence-corrected chi connectivity index (χ3v) is 4.80. The molecule has 1 atom stereocenters. The van der Waals surface area contributed by atoms with Gasteiger partial charge >= 0.3 is 0 Å². The third kappa shape index (κ3) is 3.27. The Morgan fingerprint density at radius 1 is 1.18 bits per heavy atom. The number of rotatable bonds is 4. The average molecular weight is 324 g/mol. The molecular weight excluding hydrogens is 302 g/mol. The van der Waals surface area contributed by atoms with Crippen LogP contribution in [-0.4, -0.2) is 72.7 Å². The van der Waals surface area contributed by atoms with Gasteiger partial charge in [-0.15, -0.1) is 0 Å². The summed E-state index contributed by atoms with van der Waals surface area (Å²) in [6.45, 7) is 5.29. The molecule has 0 aromatic heterocycles. The maximum Gasteiger partial charge on any atom is 0.244 e. The first-order valence-electron chi connectivity index (χ1n) is 7.83. The molecule has 1 amide bonds. The van der Waals surface area contributed by atoms with E-state index in [-0.39, 0.29) is 18.6 Å². The Bertz CT molecular complexity index is 532. The molecule has 1 N–H and O–H groups in total. The van der Waals surface area contributed by atoms with Crippen LogP contribution < -0.4 is 4.90 Å². The Labute approximate surface area is 136 Å². The summed E-state index contributed by atoms with van der Waals surface area (Å²) < 4.78 is 0. The van der Waals surface area contributed by atoms with Crippen molar-refractivity contribution < 1.29 is 9.90 Å². The van der Waals surface area contributed by atoms with Crippen LogP contribution in [0.2, 0.25) is 5.02 Å². The highest BCUT2D eigenvalue weighted by Gasteiger charge is 2.37. The number of hydrogen-bond donors (Lipinski definition) is 1. The quantitative estimate of drug-likeness (QED) is 0.900. The number of nitrogens with zero attached hydrogens (tertiary/aromatic N) is 3. The number of carbonyl (C=O) groups excluding carboxylic acids is 1. The molecule has 2 heterocycles. The number of benzene rings is 1. The number of halogens is 1. The largest absolute Gasteiger partial charge is 0.395 e. The van der Waals surface area contributed by atoms with E-state index in [0.29, 0.717) is 5.02 Å². The fraction of sp³-hybridized carbons (Fsp3) is 0.562. The van der Waals surface area contributed by atoms with Crippen molar-refractivity contribution in [2.24, 2.45) is 0 Å². The van der Waals surface area contributed by atoms with Crippen molar-refractivity contribution >= 4 is 23.2 Å². The van der Waals surface area contributed by atoms with Crippen LogP contribution in [0.5, 0.6) is 0 Å². The normalized spacial score (nSPS) is 24.2. The van der Waals surface area contributed by atoms with E-state index < -0.39 is 0 Å². The van der Waals surface area contributed by atoms with Crippen LogP contribution in [0.4, 0.5) is 5.69 Å². The topological polar surface area (TPSA) is 47.0 Å². The number of β-amino-alcohol motifs (C(OH)–C–C–N with tert-alkyl or cyclic N) is 1. The van der Waals surface area contributed by atoms with Crippen molar-refractivity contribution in [3.8, 4) is 0 Å². The van der Waals surface area contributed by atoms with E-state index in [0.717, 1.165) is 51.4 Å². The third-order valence-electron chi connectivity index (χ3n) is 4.56. The Morgan fingerprint density at radius 2 is 1.95 bits per heavy atom. The highest BCUT2D eigenvalue weighted by Crippen LogP contribution is 2.27. The van der Waals surface area contributed by atoms with Gasteiger partial charge in [-0.25, -0.2) is 0 Å². The molecule has 0 radical (unpaired) electrons. The Hall–Kier alpha value is -1.14. The molecule has 5 nitrogen and oxygen atoms in total. The SMILES string of the molecule is O=C1C(N2CCN(CCO)CC2)CCN1c1cccc(Cl)c1.